The average Bonchev–Trinajstić information content (AvgIpc) is 2.74. The van der Waals surface area contributed by atoms with E-state index >= 15 is 0 Å². The van der Waals surface area contributed by atoms with E-state index < -0.39 is 0 Å². The number of piperazine rings is 1. The summed E-state index contributed by atoms with van der Waals surface area (Å²) in [6.07, 6.45) is 0. The molecule has 0 bridgehead atoms. The zero-order valence-electron chi connectivity index (χ0n) is 11.0. The van der Waals surface area contributed by atoms with E-state index in [9.17, 15) is 4.79 Å². The van der Waals surface area contributed by atoms with Crippen LogP contribution in [0.5, 0.6) is 0 Å². The largest absolute Gasteiger partial charge is 0.336 e. The van der Waals surface area contributed by atoms with Gasteiger partial charge in [-0.3, -0.25) is 4.90 Å². The minimum absolute atomic E-state index is 0.0901. The van der Waals surface area contributed by atoms with Crippen molar-refractivity contribution in [1.29, 1.82) is 0 Å². The molecular weight excluding hydrogens is 262 g/mol. The second kappa shape index (κ2) is 5.02. The Morgan fingerprint density at radius 1 is 1.42 bits per heavy atom. The minimum Gasteiger partial charge on any atom is -0.336 e. The number of benzene rings is 1. The van der Waals surface area contributed by atoms with Crippen LogP contribution in [-0.2, 0) is 6.54 Å². The maximum absolute atomic E-state index is 11.5. The molecule has 2 aliphatic heterocycles. The summed E-state index contributed by atoms with van der Waals surface area (Å²) < 4.78 is 0. The normalized spacial score (nSPS) is 23.4. The van der Waals surface area contributed by atoms with Crippen molar-refractivity contribution in [2.45, 2.75) is 19.5 Å². The summed E-state index contributed by atoms with van der Waals surface area (Å²) in [7, 11) is 0. The lowest BCUT2D eigenvalue weighted by Gasteiger charge is -2.36. The molecule has 0 saturated carbocycles. The fourth-order valence-electron chi connectivity index (χ4n) is 2.89. The summed E-state index contributed by atoms with van der Waals surface area (Å²) in [6.45, 7) is 6.50. The van der Waals surface area contributed by atoms with E-state index in [2.05, 4.69) is 23.2 Å². The smallest absolute Gasteiger partial charge is 0.317 e. The van der Waals surface area contributed by atoms with Crippen LogP contribution in [0.25, 0.3) is 0 Å². The molecule has 2 amide bonds. The molecule has 102 valence electrons. The van der Waals surface area contributed by atoms with Crippen molar-refractivity contribution in [1.82, 2.24) is 15.1 Å². The van der Waals surface area contributed by atoms with Crippen molar-refractivity contribution in [2.75, 3.05) is 26.2 Å². The molecular formula is C14H18ClN3O. The third-order valence-electron chi connectivity index (χ3n) is 4.02. The second-order valence-electron chi connectivity index (χ2n) is 5.34. The van der Waals surface area contributed by atoms with Gasteiger partial charge >= 0.3 is 6.03 Å². The number of aryl methyl sites for hydroxylation is 1. The van der Waals surface area contributed by atoms with Gasteiger partial charge < -0.3 is 10.2 Å². The zero-order valence-corrected chi connectivity index (χ0v) is 11.8. The molecule has 5 heteroatoms. The van der Waals surface area contributed by atoms with Crippen LogP contribution in [-0.4, -0.2) is 48.1 Å². The van der Waals surface area contributed by atoms with Gasteiger partial charge in [0.1, 0.15) is 0 Å². The summed E-state index contributed by atoms with van der Waals surface area (Å²) in [4.78, 5) is 15.9. The van der Waals surface area contributed by atoms with E-state index in [1.165, 1.54) is 11.1 Å². The maximum atomic E-state index is 11.5. The molecule has 0 radical (unpaired) electrons. The molecule has 0 aromatic heterocycles. The van der Waals surface area contributed by atoms with Crippen LogP contribution in [0, 0.1) is 6.92 Å². The first kappa shape index (κ1) is 12.8. The number of urea groups is 1. The summed E-state index contributed by atoms with van der Waals surface area (Å²) >= 11 is 5.98. The van der Waals surface area contributed by atoms with Crippen molar-refractivity contribution in [3.05, 3.63) is 34.3 Å². The lowest BCUT2D eigenvalue weighted by molar-refractivity contribution is 0.116. The van der Waals surface area contributed by atoms with Gasteiger partial charge in [-0.25, -0.2) is 4.79 Å². The Hall–Kier alpha value is -1.26. The Kier molecular flexibility index (Phi) is 3.37. The fraction of sp³-hybridized carbons (Fsp3) is 0.500. The summed E-state index contributed by atoms with van der Waals surface area (Å²) in [5.41, 5.74) is 2.55. The van der Waals surface area contributed by atoms with Gasteiger partial charge in [0.2, 0.25) is 0 Å². The first-order chi connectivity index (χ1) is 9.13. The van der Waals surface area contributed by atoms with Gasteiger partial charge in [0.05, 0.1) is 6.04 Å². The Bertz CT molecular complexity index is 505. The van der Waals surface area contributed by atoms with Crippen LogP contribution in [0.4, 0.5) is 4.79 Å². The highest BCUT2D eigenvalue weighted by atomic mass is 35.5. The van der Waals surface area contributed by atoms with Crippen LogP contribution in [0.1, 0.15) is 11.1 Å². The molecule has 1 N–H and O–H groups in total. The van der Waals surface area contributed by atoms with Crippen molar-refractivity contribution in [3.63, 3.8) is 0 Å². The van der Waals surface area contributed by atoms with Gasteiger partial charge in [-0.1, -0.05) is 17.7 Å². The first-order valence-electron chi connectivity index (χ1n) is 6.65. The van der Waals surface area contributed by atoms with E-state index in [0.29, 0.717) is 6.04 Å². The van der Waals surface area contributed by atoms with Crippen LogP contribution < -0.4 is 5.32 Å². The monoisotopic (exact) mass is 279 g/mol. The maximum Gasteiger partial charge on any atom is 0.317 e. The standard InChI is InChI=1S/C14H18ClN3O/c1-10-6-12(15)3-2-11(10)8-17-4-5-18-13(9-17)7-16-14(18)19/h2-3,6,13H,4-5,7-9H2,1H3,(H,16,19). The number of amides is 2. The first-order valence-corrected chi connectivity index (χ1v) is 7.03. The molecule has 2 heterocycles. The summed E-state index contributed by atoms with van der Waals surface area (Å²) in [5, 5.41) is 3.70. The van der Waals surface area contributed by atoms with Crippen LogP contribution in [0.2, 0.25) is 5.02 Å². The number of hydrogen-bond acceptors (Lipinski definition) is 2. The predicted molar refractivity (Wildman–Crippen MR) is 75.4 cm³/mol. The average molecular weight is 280 g/mol. The van der Waals surface area contributed by atoms with Crippen molar-refractivity contribution >= 4 is 17.6 Å². The van der Waals surface area contributed by atoms with Gasteiger partial charge in [0.15, 0.2) is 0 Å². The quantitative estimate of drug-likeness (QED) is 0.897. The van der Waals surface area contributed by atoms with Crippen molar-refractivity contribution < 1.29 is 4.79 Å². The van der Waals surface area contributed by atoms with Gasteiger partial charge in [-0.2, -0.15) is 0 Å². The van der Waals surface area contributed by atoms with Gasteiger partial charge in [0.25, 0.3) is 0 Å². The third kappa shape index (κ3) is 2.55. The molecule has 0 spiro atoms. The lowest BCUT2D eigenvalue weighted by Crippen LogP contribution is -2.51. The van der Waals surface area contributed by atoms with E-state index in [0.717, 1.165) is 37.7 Å². The van der Waals surface area contributed by atoms with Gasteiger partial charge in [-0.15, -0.1) is 0 Å². The lowest BCUT2D eigenvalue weighted by atomic mass is 10.1. The number of nitrogens with zero attached hydrogens (tertiary/aromatic N) is 2. The molecule has 1 atom stereocenters. The second-order valence-corrected chi connectivity index (χ2v) is 5.78. The molecule has 1 unspecified atom stereocenters. The highest BCUT2D eigenvalue weighted by Crippen LogP contribution is 2.20. The topological polar surface area (TPSA) is 35.6 Å². The fourth-order valence-corrected chi connectivity index (χ4v) is 3.12. The minimum atomic E-state index is 0.0901. The SMILES string of the molecule is Cc1cc(Cl)ccc1CN1CCN2C(=O)NCC2C1. The number of fused-ring (bicyclic) bond motifs is 1. The number of carbonyl (C=O) groups is 1. The molecule has 4 nitrogen and oxygen atoms in total. The molecule has 1 aromatic rings. The third-order valence-corrected chi connectivity index (χ3v) is 4.25. The highest BCUT2D eigenvalue weighted by Gasteiger charge is 2.35. The number of hydrogen-bond donors (Lipinski definition) is 1. The van der Waals surface area contributed by atoms with Crippen molar-refractivity contribution in [3.8, 4) is 0 Å². The molecule has 2 fully saturated rings. The van der Waals surface area contributed by atoms with Crippen LogP contribution in [0.15, 0.2) is 18.2 Å². The number of nitrogens with one attached hydrogen (secondary N) is 1. The van der Waals surface area contributed by atoms with E-state index in [1.807, 2.05) is 17.0 Å². The zero-order chi connectivity index (χ0) is 13.4. The van der Waals surface area contributed by atoms with Crippen molar-refractivity contribution in [2.24, 2.45) is 0 Å². The van der Waals surface area contributed by atoms with Crippen LogP contribution >= 0.6 is 11.6 Å². The van der Waals surface area contributed by atoms with E-state index in [1.54, 1.807) is 0 Å². The molecule has 2 aliphatic rings. The number of carbonyl (C=O) groups excluding carboxylic acids is 1. The summed E-state index contributed by atoms with van der Waals surface area (Å²) in [5.74, 6) is 0. The predicted octanol–water partition coefficient (Wildman–Crippen LogP) is 1.86. The molecule has 0 aliphatic carbocycles. The van der Waals surface area contributed by atoms with Gasteiger partial charge in [-0.05, 0) is 30.2 Å². The van der Waals surface area contributed by atoms with E-state index in [4.69, 9.17) is 11.6 Å². The Labute approximate surface area is 118 Å². The Morgan fingerprint density at radius 3 is 3.05 bits per heavy atom. The van der Waals surface area contributed by atoms with Gasteiger partial charge in [0, 0.05) is 37.7 Å². The molecule has 19 heavy (non-hydrogen) atoms. The molecule has 1 aromatic carbocycles. The highest BCUT2D eigenvalue weighted by molar-refractivity contribution is 6.30. The number of halogens is 1. The Morgan fingerprint density at radius 2 is 2.26 bits per heavy atom. The summed E-state index contributed by atoms with van der Waals surface area (Å²) in [6, 6.07) is 6.47. The number of rotatable bonds is 2. The Balaban J connectivity index is 1.66. The molecule has 2 saturated heterocycles. The van der Waals surface area contributed by atoms with E-state index in [-0.39, 0.29) is 6.03 Å². The van der Waals surface area contributed by atoms with Crippen LogP contribution in [0.3, 0.4) is 0 Å². The molecule has 3 rings (SSSR count).